The van der Waals surface area contributed by atoms with Crippen LogP contribution in [-0.4, -0.2) is 11.8 Å². The van der Waals surface area contributed by atoms with Crippen LogP contribution in [0.2, 0.25) is 10.0 Å². The van der Waals surface area contributed by atoms with Gasteiger partial charge in [-0.15, -0.1) is 0 Å². The fourth-order valence-electron chi connectivity index (χ4n) is 2.03. The summed E-state index contributed by atoms with van der Waals surface area (Å²) in [6.45, 7) is 0. The van der Waals surface area contributed by atoms with Crippen LogP contribution in [0.1, 0.15) is 11.1 Å². The van der Waals surface area contributed by atoms with Gasteiger partial charge in [-0.3, -0.25) is 9.59 Å². The van der Waals surface area contributed by atoms with Gasteiger partial charge >= 0.3 is 0 Å². The Kier molecular flexibility index (Phi) is 6.18. The second-order valence-corrected chi connectivity index (χ2v) is 5.96. The fourth-order valence-corrected chi connectivity index (χ4v) is 2.51. The lowest BCUT2D eigenvalue weighted by Crippen LogP contribution is -2.14. The van der Waals surface area contributed by atoms with Crippen LogP contribution in [0, 0.1) is 11.3 Å². The van der Waals surface area contributed by atoms with Gasteiger partial charge in [-0.2, -0.15) is 5.26 Å². The van der Waals surface area contributed by atoms with Gasteiger partial charge in [0.2, 0.25) is 5.91 Å². The number of carbonyl (C=O) groups excluding carboxylic acids is 2. The van der Waals surface area contributed by atoms with E-state index in [-0.39, 0.29) is 17.9 Å². The molecular weight excluding hydrogens is 361 g/mol. The number of halogens is 2. The van der Waals surface area contributed by atoms with Gasteiger partial charge in [0.25, 0.3) is 5.91 Å². The molecule has 2 amide bonds. The molecule has 0 saturated heterocycles. The zero-order chi connectivity index (χ0) is 18.4. The van der Waals surface area contributed by atoms with E-state index in [0.29, 0.717) is 26.9 Å². The molecule has 0 saturated carbocycles. The number of anilines is 1. The highest BCUT2D eigenvalue weighted by Gasteiger charge is 2.08. The third-order valence-electron chi connectivity index (χ3n) is 3.26. The number of nitriles is 1. The summed E-state index contributed by atoms with van der Waals surface area (Å²) in [6.07, 6.45) is 1.49. The number of carbonyl (C=O) groups is 2. The topological polar surface area (TPSA) is 96.0 Å². The lowest BCUT2D eigenvalue weighted by atomic mass is 10.1. The minimum absolute atomic E-state index is 0.109. The first-order valence-electron chi connectivity index (χ1n) is 7.14. The van der Waals surface area contributed by atoms with Crippen molar-refractivity contribution in [1.82, 2.24) is 0 Å². The fraction of sp³-hybridized carbons (Fsp3) is 0.0556. The molecule has 0 fully saturated rings. The minimum Gasteiger partial charge on any atom is -0.365 e. The summed E-state index contributed by atoms with van der Waals surface area (Å²) in [6, 6.07) is 13.3. The average Bonchev–Trinajstić information content (AvgIpc) is 2.56. The molecule has 0 aliphatic heterocycles. The van der Waals surface area contributed by atoms with Crippen LogP contribution in [0.4, 0.5) is 5.69 Å². The van der Waals surface area contributed by atoms with Gasteiger partial charge in [-0.05, 0) is 41.5 Å². The Labute approximate surface area is 154 Å². The molecule has 126 valence electrons. The number of hydrogen-bond acceptors (Lipinski definition) is 3. The molecule has 3 N–H and O–H groups in total. The molecule has 0 aliphatic carbocycles. The van der Waals surface area contributed by atoms with Gasteiger partial charge in [0.1, 0.15) is 11.6 Å². The monoisotopic (exact) mass is 373 g/mol. The van der Waals surface area contributed by atoms with E-state index < -0.39 is 5.91 Å². The Morgan fingerprint density at radius 3 is 2.40 bits per heavy atom. The molecule has 25 heavy (non-hydrogen) atoms. The van der Waals surface area contributed by atoms with Crippen molar-refractivity contribution in [3.8, 4) is 6.07 Å². The van der Waals surface area contributed by atoms with E-state index >= 15 is 0 Å². The van der Waals surface area contributed by atoms with Crippen LogP contribution in [0.15, 0.2) is 48.0 Å². The maximum absolute atomic E-state index is 12.1. The molecule has 7 heteroatoms. The van der Waals surface area contributed by atoms with Crippen molar-refractivity contribution in [2.75, 3.05) is 5.32 Å². The molecule has 5 nitrogen and oxygen atoms in total. The van der Waals surface area contributed by atoms with Crippen LogP contribution < -0.4 is 11.1 Å². The second-order valence-electron chi connectivity index (χ2n) is 5.12. The minimum atomic E-state index is -0.792. The molecule has 2 aromatic carbocycles. The maximum atomic E-state index is 12.1. The molecule has 0 radical (unpaired) electrons. The van der Waals surface area contributed by atoms with Crippen molar-refractivity contribution in [2.24, 2.45) is 5.73 Å². The Balaban J connectivity index is 2.04. The Hall–Kier alpha value is -2.81. The number of primary amides is 1. The van der Waals surface area contributed by atoms with E-state index in [9.17, 15) is 9.59 Å². The first-order valence-corrected chi connectivity index (χ1v) is 7.90. The van der Waals surface area contributed by atoms with Crippen LogP contribution in [0.3, 0.4) is 0 Å². The van der Waals surface area contributed by atoms with E-state index in [1.54, 1.807) is 48.5 Å². The van der Waals surface area contributed by atoms with E-state index in [4.69, 9.17) is 34.2 Å². The Morgan fingerprint density at radius 2 is 1.84 bits per heavy atom. The normalized spacial score (nSPS) is 10.8. The Morgan fingerprint density at radius 1 is 1.16 bits per heavy atom. The van der Waals surface area contributed by atoms with Crippen molar-refractivity contribution in [2.45, 2.75) is 6.42 Å². The number of nitrogens with two attached hydrogens (primary N) is 1. The lowest BCUT2D eigenvalue weighted by Gasteiger charge is -2.07. The quantitative estimate of drug-likeness (QED) is 0.619. The van der Waals surface area contributed by atoms with Crippen molar-refractivity contribution in [3.05, 3.63) is 69.2 Å². The van der Waals surface area contributed by atoms with Crippen LogP contribution in [0.5, 0.6) is 0 Å². The first kappa shape index (κ1) is 18.5. The largest absolute Gasteiger partial charge is 0.365 e. The summed E-state index contributed by atoms with van der Waals surface area (Å²) in [7, 11) is 0. The van der Waals surface area contributed by atoms with E-state index in [0.717, 1.165) is 0 Å². The zero-order valence-electron chi connectivity index (χ0n) is 12.9. The van der Waals surface area contributed by atoms with E-state index in [1.807, 2.05) is 0 Å². The van der Waals surface area contributed by atoms with Gasteiger partial charge in [0.15, 0.2) is 0 Å². The van der Waals surface area contributed by atoms with Gasteiger partial charge in [0.05, 0.1) is 6.42 Å². The summed E-state index contributed by atoms with van der Waals surface area (Å²) < 4.78 is 0. The van der Waals surface area contributed by atoms with Crippen LogP contribution >= 0.6 is 23.2 Å². The highest BCUT2D eigenvalue weighted by molar-refractivity contribution is 6.35. The SMILES string of the molecule is N#C/C(=C/c1ccc(NC(=O)Cc2ccc(Cl)cc2Cl)cc1)C(N)=O. The summed E-state index contributed by atoms with van der Waals surface area (Å²) in [5.74, 6) is -1.03. The standard InChI is InChI=1S/C18H13Cl2N3O2/c19-14-4-3-12(16(20)9-14)8-17(24)23-15-5-1-11(2-6-15)7-13(10-21)18(22)25/h1-7,9H,8H2,(H2,22,25)(H,23,24)/b13-7-. The molecule has 0 spiro atoms. The number of amides is 2. The van der Waals surface area contributed by atoms with Gasteiger partial charge in [-0.25, -0.2) is 0 Å². The third kappa shape index (κ3) is 5.35. The number of benzene rings is 2. The summed E-state index contributed by atoms with van der Waals surface area (Å²) >= 11 is 11.9. The Bertz CT molecular complexity index is 884. The van der Waals surface area contributed by atoms with E-state index in [2.05, 4.69) is 5.32 Å². The van der Waals surface area contributed by atoms with Gasteiger partial charge < -0.3 is 11.1 Å². The van der Waals surface area contributed by atoms with Crippen molar-refractivity contribution in [3.63, 3.8) is 0 Å². The third-order valence-corrected chi connectivity index (χ3v) is 3.84. The molecule has 2 rings (SSSR count). The maximum Gasteiger partial charge on any atom is 0.259 e. The van der Waals surface area contributed by atoms with Crippen molar-refractivity contribution in [1.29, 1.82) is 5.26 Å². The first-order chi connectivity index (χ1) is 11.9. The summed E-state index contributed by atoms with van der Waals surface area (Å²) in [4.78, 5) is 23.1. The molecule has 0 heterocycles. The van der Waals surface area contributed by atoms with Gasteiger partial charge in [-0.1, -0.05) is 41.4 Å². The van der Waals surface area contributed by atoms with Crippen LogP contribution in [-0.2, 0) is 16.0 Å². The van der Waals surface area contributed by atoms with Crippen LogP contribution in [0.25, 0.3) is 6.08 Å². The second kappa shape index (κ2) is 8.34. The molecule has 0 unspecified atom stereocenters. The predicted molar refractivity (Wildman–Crippen MR) is 98.0 cm³/mol. The van der Waals surface area contributed by atoms with E-state index in [1.165, 1.54) is 6.08 Å². The molecule has 0 aromatic heterocycles. The molecular formula is C18H13Cl2N3O2. The molecule has 0 aliphatic rings. The smallest absolute Gasteiger partial charge is 0.259 e. The van der Waals surface area contributed by atoms with Crippen molar-refractivity contribution < 1.29 is 9.59 Å². The van der Waals surface area contributed by atoms with Gasteiger partial charge in [0, 0.05) is 15.7 Å². The lowest BCUT2D eigenvalue weighted by molar-refractivity contribution is -0.116. The number of nitrogens with one attached hydrogen (secondary N) is 1. The highest BCUT2D eigenvalue weighted by Crippen LogP contribution is 2.22. The molecule has 2 aromatic rings. The molecule has 0 bridgehead atoms. The number of nitrogens with zero attached hydrogens (tertiary/aromatic N) is 1. The number of hydrogen-bond donors (Lipinski definition) is 2. The number of rotatable bonds is 5. The highest BCUT2D eigenvalue weighted by atomic mass is 35.5. The summed E-state index contributed by atoms with van der Waals surface area (Å²) in [5, 5.41) is 12.5. The summed E-state index contributed by atoms with van der Waals surface area (Å²) in [5.41, 5.74) is 6.80. The average molecular weight is 374 g/mol. The molecule has 0 atom stereocenters. The zero-order valence-corrected chi connectivity index (χ0v) is 14.4. The predicted octanol–water partition coefficient (Wildman–Crippen LogP) is 3.57. The van der Waals surface area contributed by atoms with Crippen molar-refractivity contribution >= 4 is 46.8 Å².